The highest BCUT2D eigenvalue weighted by Crippen LogP contribution is 2.30. The van der Waals surface area contributed by atoms with Crippen LogP contribution in [0.1, 0.15) is 41.4 Å². The Morgan fingerprint density at radius 1 is 1.18 bits per heavy atom. The molecule has 0 spiro atoms. The molecule has 2 aromatic rings. The number of hydrogen-bond acceptors (Lipinski definition) is 5. The summed E-state index contributed by atoms with van der Waals surface area (Å²) in [6.45, 7) is 4.19. The molecule has 3 rings (SSSR count). The lowest BCUT2D eigenvalue weighted by Crippen LogP contribution is -2.40. The molecule has 1 aliphatic rings. The maximum Gasteiger partial charge on any atom is 0.416 e. The molecule has 1 unspecified atom stereocenters. The summed E-state index contributed by atoms with van der Waals surface area (Å²) in [7, 11) is 0. The van der Waals surface area contributed by atoms with Gasteiger partial charge in [-0.2, -0.15) is 18.3 Å². The summed E-state index contributed by atoms with van der Waals surface area (Å²) in [6, 6.07) is 7.02. The molecule has 1 amide bonds. The highest BCUT2D eigenvalue weighted by Gasteiger charge is 2.30. The van der Waals surface area contributed by atoms with E-state index >= 15 is 0 Å². The molecule has 11 heteroatoms. The molecular weight excluding hydrogens is 442 g/mol. The Labute approximate surface area is 187 Å². The van der Waals surface area contributed by atoms with E-state index in [4.69, 9.17) is 0 Å². The van der Waals surface area contributed by atoms with Gasteiger partial charge in [-0.1, -0.05) is 19.9 Å². The second kappa shape index (κ2) is 9.80. The van der Waals surface area contributed by atoms with Gasteiger partial charge < -0.3 is 10.4 Å². The van der Waals surface area contributed by atoms with Crippen LogP contribution in [-0.2, 0) is 6.18 Å². The van der Waals surface area contributed by atoms with Crippen molar-refractivity contribution < 1.29 is 27.5 Å². The van der Waals surface area contributed by atoms with E-state index in [0.29, 0.717) is 12.1 Å². The minimum absolute atomic E-state index is 0.0153. The molecule has 3 N–H and O–H groups in total. The van der Waals surface area contributed by atoms with Crippen molar-refractivity contribution >= 4 is 11.9 Å². The number of rotatable bonds is 5. The number of aliphatic imine (C=N–C) groups is 1. The molecule has 0 saturated heterocycles. The van der Waals surface area contributed by atoms with Crippen molar-refractivity contribution in [2.75, 3.05) is 6.54 Å². The van der Waals surface area contributed by atoms with Gasteiger partial charge in [-0.05, 0) is 54.0 Å². The van der Waals surface area contributed by atoms with Crippen molar-refractivity contribution in [1.82, 2.24) is 10.6 Å². The number of alkyl halides is 3. The van der Waals surface area contributed by atoms with Gasteiger partial charge >= 0.3 is 6.18 Å². The number of benzene rings is 2. The standard InChI is InChI=1S/C22H21F4N5O2/c1-12(2)11-27-21(29-20(33)13-3-6-15(7-4-13)22(24,25)26)28-19-10-17(30-31-19)14-5-8-18(32)16(23)9-14/h3-10,12,17,32H,11H2,1-2H3,(H2,27,28,29,33). The second-order valence-corrected chi connectivity index (χ2v) is 7.66. The van der Waals surface area contributed by atoms with Crippen LogP contribution in [0.3, 0.4) is 0 Å². The van der Waals surface area contributed by atoms with Gasteiger partial charge in [0.1, 0.15) is 6.04 Å². The van der Waals surface area contributed by atoms with Crippen molar-refractivity contribution in [1.29, 1.82) is 0 Å². The molecule has 0 fully saturated rings. The van der Waals surface area contributed by atoms with Crippen molar-refractivity contribution in [3.8, 4) is 5.75 Å². The molecule has 0 aliphatic carbocycles. The van der Waals surface area contributed by atoms with Gasteiger partial charge in [0.2, 0.25) is 5.96 Å². The number of phenols is 1. The van der Waals surface area contributed by atoms with E-state index < -0.39 is 35.3 Å². The predicted octanol–water partition coefficient (Wildman–Crippen LogP) is 4.93. The molecule has 2 aromatic carbocycles. The summed E-state index contributed by atoms with van der Waals surface area (Å²) in [4.78, 5) is 16.8. The van der Waals surface area contributed by atoms with Crippen molar-refractivity contribution in [2.24, 2.45) is 21.1 Å². The molecule has 1 aliphatic heterocycles. The molecule has 0 radical (unpaired) electrons. The average Bonchev–Trinajstić information content (AvgIpc) is 3.22. The summed E-state index contributed by atoms with van der Waals surface area (Å²) in [5.74, 6) is -1.49. The van der Waals surface area contributed by atoms with E-state index in [1.165, 1.54) is 12.1 Å². The lowest BCUT2D eigenvalue weighted by molar-refractivity contribution is -0.137. The molecular formula is C22H21F4N5O2. The van der Waals surface area contributed by atoms with Gasteiger partial charge in [-0.15, -0.1) is 5.11 Å². The Hall–Kier alpha value is -3.76. The normalized spacial score (nSPS) is 16.2. The van der Waals surface area contributed by atoms with Gasteiger partial charge in [0.15, 0.2) is 17.4 Å². The first-order valence-electron chi connectivity index (χ1n) is 9.94. The minimum atomic E-state index is -4.50. The van der Waals surface area contributed by atoms with Crippen LogP contribution in [-0.4, -0.2) is 23.5 Å². The largest absolute Gasteiger partial charge is 0.505 e. The molecule has 0 aromatic heterocycles. The third-order valence-corrected chi connectivity index (χ3v) is 4.49. The fraction of sp³-hybridized carbons (Fsp3) is 0.273. The number of guanidine groups is 1. The van der Waals surface area contributed by atoms with Crippen LogP contribution in [0.15, 0.2) is 69.6 Å². The quantitative estimate of drug-likeness (QED) is 0.333. The number of halogens is 4. The number of amides is 1. The summed E-state index contributed by atoms with van der Waals surface area (Å²) >= 11 is 0. The number of hydrogen-bond donors (Lipinski definition) is 3. The fourth-order valence-electron chi connectivity index (χ4n) is 2.77. The van der Waals surface area contributed by atoms with Gasteiger partial charge in [-0.25, -0.2) is 4.39 Å². The van der Waals surface area contributed by atoms with E-state index in [-0.39, 0.29) is 23.3 Å². The minimum Gasteiger partial charge on any atom is -0.505 e. The van der Waals surface area contributed by atoms with Crippen LogP contribution in [0.2, 0.25) is 0 Å². The summed E-state index contributed by atoms with van der Waals surface area (Å²) in [6.07, 6.45) is -2.93. The van der Waals surface area contributed by atoms with Crippen LogP contribution >= 0.6 is 0 Å². The third-order valence-electron chi connectivity index (χ3n) is 4.49. The van der Waals surface area contributed by atoms with Crippen LogP contribution < -0.4 is 10.6 Å². The molecule has 0 saturated carbocycles. The van der Waals surface area contributed by atoms with Crippen LogP contribution in [0.25, 0.3) is 0 Å². The van der Waals surface area contributed by atoms with Gasteiger partial charge in [0.05, 0.1) is 5.56 Å². The highest BCUT2D eigenvalue weighted by atomic mass is 19.4. The SMILES string of the molecule is CC(C)CN=C(NC(=O)c1ccc(C(F)(F)F)cc1)NC1=CC(c2ccc(O)c(F)c2)N=N1. The molecule has 33 heavy (non-hydrogen) atoms. The topological polar surface area (TPSA) is 98.4 Å². The zero-order valence-corrected chi connectivity index (χ0v) is 17.7. The van der Waals surface area contributed by atoms with E-state index in [1.54, 1.807) is 6.08 Å². The molecule has 0 bridgehead atoms. The number of azo groups is 1. The molecule has 1 heterocycles. The third kappa shape index (κ3) is 6.37. The Morgan fingerprint density at radius 2 is 1.88 bits per heavy atom. The number of nitrogens with one attached hydrogen (secondary N) is 2. The zero-order valence-electron chi connectivity index (χ0n) is 17.7. The zero-order chi connectivity index (χ0) is 24.2. The fourth-order valence-corrected chi connectivity index (χ4v) is 2.77. The van der Waals surface area contributed by atoms with Crippen molar-refractivity contribution in [3.63, 3.8) is 0 Å². The van der Waals surface area contributed by atoms with E-state index in [1.807, 2.05) is 13.8 Å². The van der Waals surface area contributed by atoms with Gasteiger partial charge in [0, 0.05) is 12.1 Å². The second-order valence-electron chi connectivity index (χ2n) is 7.66. The smallest absolute Gasteiger partial charge is 0.416 e. The maximum atomic E-state index is 13.6. The Balaban J connectivity index is 1.74. The van der Waals surface area contributed by atoms with Crippen molar-refractivity contribution in [2.45, 2.75) is 26.1 Å². The molecule has 7 nitrogen and oxygen atoms in total. The first-order chi connectivity index (χ1) is 15.5. The van der Waals surface area contributed by atoms with Crippen molar-refractivity contribution in [3.05, 3.63) is 76.9 Å². The first-order valence-corrected chi connectivity index (χ1v) is 9.94. The number of aromatic hydroxyl groups is 1. The Morgan fingerprint density at radius 3 is 2.48 bits per heavy atom. The Bertz CT molecular complexity index is 1110. The molecule has 174 valence electrons. The van der Waals surface area contributed by atoms with E-state index in [0.717, 1.165) is 30.3 Å². The van der Waals surface area contributed by atoms with E-state index in [2.05, 4.69) is 25.9 Å². The lowest BCUT2D eigenvalue weighted by atomic mass is 10.1. The van der Waals surface area contributed by atoms with Gasteiger partial charge in [0.25, 0.3) is 5.91 Å². The number of carbonyl (C=O) groups excluding carboxylic acids is 1. The molecule has 1 atom stereocenters. The predicted molar refractivity (Wildman–Crippen MR) is 113 cm³/mol. The van der Waals surface area contributed by atoms with Crippen LogP contribution in [0, 0.1) is 11.7 Å². The average molecular weight is 463 g/mol. The monoisotopic (exact) mass is 463 g/mol. The van der Waals surface area contributed by atoms with Crippen LogP contribution in [0.5, 0.6) is 5.75 Å². The number of carbonyl (C=O) groups is 1. The number of nitrogens with zero attached hydrogens (tertiary/aromatic N) is 3. The summed E-state index contributed by atoms with van der Waals surface area (Å²) < 4.78 is 51.8. The first kappa shape index (κ1) is 23.9. The summed E-state index contributed by atoms with van der Waals surface area (Å²) in [5.41, 5.74) is -0.388. The summed E-state index contributed by atoms with van der Waals surface area (Å²) in [5, 5.41) is 22.7. The number of phenolic OH excluding ortho intramolecular Hbond substituents is 1. The van der Waals surface area contributed by atoms with Gasteiger partial charge in [-0.3, -0.25) is 15.1 Å². The van der Waals surface area contributed by atoms with Crippen LogP contribution in [0.4, 0.5) is 17.6 Å². The maximum absolute atomic E-state index is 13.6. The highest BCUT2D eigenvalue weighted by molar-refractivity contribution is 6.06. The van der Waals surface area contributed by atoms with E-state index in [9.17, 15) is 27.5 Å². The lowest BCUT2D eigenvalue weighted by Gasteiger charge is -2.12. The Kier molecular flexibility index (Phi) is 7.10.